The number of thioether (sulfide) groups is 2. The van der Waals surface area contributed by atoms with E-state index < -0.39 is 0 Å². The van der Waals surface area contributed by atoms with Crippen LogP contribution in [0.4, 0.5) is 11.4 Å². The quantitative estimate of drug-likeness (QED) is 0.250. The number of ether oxygens (including phenoxy) is 1. The van der Waals surface area contributed by atoms with E-state index in [1.54, 1.807) is 19.2 Å². The predicted octanol–water partition coefficient (Wildman–Crippen LogP) is 6.40. The van der Waals surface area contributed by atoms with Crippen LogP contribution in [-0.4, -0.2) is 43.7 Å². The zero-order valence-electron chi connectivity index (χ0n) is 21.9. The van der Waals surface area contributed by atoms with Gasteiger partial charge in [-0.1, -0.05) is 36.0 Å². The molecule has 0 radical (unpaired) electrons. The Morgan fingerprint density at radius 3 is 2.39 bits per heavy atom. The highest BCUT2D eigenvalue weighted by atomic mass is 32.2. The van der Waals surface area contributed by atoms with Crippen LogP contribution in [0.15, 0.2) is 88.0 Å². The molecule has 2 N–H and O–H groups in total. The lowest BCUT2D eigenvalue weighted by Gasteiger charge is -2.16. The van der Waals surface area contributed by atoms with Crippen molar-refractivity contribution < 1.29 is 9.53 Å². The van der Waals surface area contributed by atoms with Gasteiger partial charge in [-0.15, -0.1) is 0 Å². The van der Waals surface area contributed by atoms with E-state index in [2.05, 4.69) is 11.4 Å². The molecule has 1 aliphatic heterocycles. The zero-order chi connectivity index (χ0) is 27.5. The average molecular weight is 546 g/mol. The summed E-state index contributed by atoms with van der Waals surface area (Å²) in [4.78, 5) is 17.9. The van der Waals surface area contributed by atoms with Crippen molar-refractivity contribution in [3.05, 3.63) is 94.2 Å². The molecule has 0 aliphatic carbocycles. The molecule has 0 atom stereocenters. The minimum atomic E-state index is -0.129. The summed E-state index contributed by atoms with van der Waals surface area (Å²) in [6.45, 7) is 3.33. The summed E-state index contributed by atoms with van der Waals surface area (Å²) in [5.41, 5.74) is 3.82. The molecule has 0 aromatic heterocycles. The fourth-order valence-electron chi connectivity index (χ4n) is 3.47. The second-order valence-corrected chi connectivity index (χ2v) is 10.3. The lowest BCUT2D eigenvalue weighted by Crippen LogP contribution is -2.27. The summed E-state index contributed by atoms with van der Waals surface area (Å²) in [7, 11) is 5.61. The molecular formula is C29H31N5O2S2. The van der Waals surface area contributed by atoms with Gasteiger partial charge in [0.15, 0.2) is 5.17 Å². The number of carbonyl (C=O) groups excluding carboxylic acids is 1. The number of para-hydroxylation sites is 1. The molecule has 196 valence electrons. The van der Waals surface area contributed by atoms with Crippen molar-refractivity contribution in [2.45, 2.75) is 18.4 Å². The Balaban J connectivity index is 0.000000304. The van der Waals surface area contributed by atoms with Gasteiger partial charge in [0.1, 0.15) is 5.75 Å². The van der Waals surface area contributed by atoms with Crippen LogP contribution in [0.1, 0.15) is 18.1 Å². The highest BCUT2D eigenvalue weighted by molar-refractivity contribution is 8.19. The van der Waals surface area contributed by atoms with Gasteiger partial charge >= 0.3 is 0 Å². The summed E-state index contributed by atoms with van der Waals surface area (Å²) >= 11 is 2.71. The van der Waals surface area contributed by atoms with E-state index in [0.29, 0.717) is 17.0 Å². The number of nitrogens with one attached hydrogen (secondary N) is 2. The van der Waals surface area contributed by atoms with Crippen molar-refractivity contribution in [1.29, 1.82) is 10.7 Å². The Morgan fingerprint density at radius 1 is 1.11 bits per heavy atom. The van der Waals surface area contributed by atoms with Crippen LogP contribution in [0.2, 0.25) is 0 Å². The van der Waals surface area contributed by atoms with Crippen LogP contribution in [0, 0.1) is 16.7 Å². The van der Waals surface area contributed by atoms with Crippen LogP contribution in [-0.2, 0) is 11.3 Å². The van der Waals surface area contributed by atoms with E-state index >= 15 is 0 Å². The summed E-state index contributed by atoms with van der Waals surface area (Å²) in [5, 5.41) is 21.9. The molecule has 3 aromatic carbocycles. The first-order chi connectivity index (χ1) is 18.4. The minimum absolute atomic E-state index is 0.129. The molecule has 7 nitrogen and oxygen atoms in total. The number of hydrogen-bond donors (Lipinski definition) is 2. The van der Waals surface area contributed by atoms with Crippen molar-refractivity contribution in [2.24, 2.45) is 0 Å². The largest absolute Gasteiger partial charge is 0.497 e. The van der Waals surface area contributed by atoms with Gasteiger partial charge in [0.05, 0.1) is 35.9 Å². The number of amides is 1. The lowest BCUT2D eigenvalue weighted by molar-refractivity contribution is -0.122. The van der Waals surface area contributed by atoms with E-state index in [1.807, 2.05) is 92.0 Å². The summed E-state index contributed by atoms with van der Waals surface area (Å²) in [5.74, 6) is 0.642. The first-order valence-electron chi connectivity index (χ1n) is 11.9. The maximum Gasteiger partial charge on any atom is 0.267 e. The maximum absolute atomic E-state index is 12.7. The fraction of sp³-hybridized carbons (Fsp3) is 0.207. The average Bonchev–Trinajstić information content (AvgIpc) is 3.21. The van der Waals surface area contributed by atoms with Crippen molar-refractivity contribution in [2.75, 3.05) is 38.0 Å². The molecule has 0 saturated carbocycles. The Labute approximate surface area is 233 Å². The molecule has 0 bridgehead atoms. The number of rotatable bonds is 8. The number of nitriles is 1. The molecule has 4 rings (SSSR count). The number of hydrogen-bond acceptors (Lipinski definition) is 8. The van der Waals surface area contributed by atoms with Crippen LogP contribution < -0.4 is 15.0 Å². The van der Waals surface area contributed by atoms with Gasteiger partial charge < -0.3 is 15.0 Å². The van der Waals surface area contributed by atoms with E-state index in [4.69, 9.17) is 15.4 Å². The van der Waals surface area contributed by atoms with Gasteiger partial charge in [-0.25, -0.2) is 0 Å². The summed E-state index contributed by atoms with van der Waals surface area (Å²) < 4.78 is 5.16. The molecule has 1 fully saturated rings. The second-order valence-electron chi connectivity index (χ2n) is 8.33. The number of amidine groups is 1. The molecular weight excluding hydrogens is 514 g/mol. The van der Waals surface area contributed by atoms with E-state index in [9.17, 15) is 4.79 Å². The van der Waals surface area contributed by atoms with Gasteiger partial charge in [0.25, 0.3) is 5.91 Å². The third kappa shape index (κ3) is 7.81. The molecule has 3 aromatic rings. The molecule has 1 heterocycles. The summed E-state index contributed by atoms with van der Waals surface area (Å²) in [6.07, 6.45) is 0. The number of carbonyl (C=O) groups is 1. The number of anilines is 2. The molecule has 9 heteroatoms. The SMILES string of the molecule is CCNc1ccc(C#N)cc1.COc1ccc(CN2C(=N)S/C(=C\Sc3ccccc3N(C)C)C2=O)cc1. The van der Waals surface area contributed by atoms with Gasteiger partial charge in [-0.2, -0.15) is 5.26 Å². The van der Waals surface area contributed by atoms with E-state index in [0.717, 1.165) is 34.1 Å². The highest BCUT2D eigenvalue weighted by Crippen LogP contribution is 2.37. The fourth-order valence-corrected chi connectivity index (χ4v) is 5.33. The minimum Gasteiger partial charge on any atom is -0.497 e. The molecule has 0 unspecified atom stereocenters. The molecule has 0 spiro atoms. The Hall–Kier alpha value is -3.87. The third-order valence-corrected chi connectivity index (χ3v) is 7.47. The number of benzene rings is 3. The number of nitrogens with zero attached hydrogens (tertiary/aromatic N) is 3. The van der Waals surface area contributed by atoms with Crippen molar-refractivity contribution >= 4 is 46.0 Å². The van der Waals surface area contributed by atoms with Crippen molar-refractivity contribution in [3.63, 3.8) is 0 Å². The first kappa shape index (κ1) is 28.7. The molecule has 1 amide bonds. The van der Waals surface area contributed by atoms with Crippen molar-refractivity contribution in [3.8, 4) is 11.8 Å². The van der Waals surface area contributed by atoms with Crippen LogP contribution in [0.3, 0.4) is 0 Å². The number of methoxy groups -OCH3 is 1. The summed E-state index contributed by atoms with van der Waals surface area (Å²) in [6, 6.07) is 25.1. The Bertz CT molecular complexity index is 1320. The van der Waals surface area contributed by atoms with Gasteiger partial charge in [0, 0.05) is 31.2 Å². The van der Waals surface area contributed by atoms with Crippen molar-refractivity contribution in [1.82, 2.24) is 4.90 Å². The smallest absolute Gasteiger partial charge is 0.267 e. The zero-order valence-corrected chi connectivity index (χ0v) is 23.5. The predicted molar refractivity (Wildman–Crippen MR) is 159 cm³/mol. The van der Waals surface area contributed by atoms with E-state index in [-0.39, 0.29) is 11.1 Å². The van der Waals surface area contributed by atoms with Gasteiger partial charge in [0.2, 0.25) is 0 Å². The lowest BCUT2D eigenvalue weighted by atomic mass is 10.2. The highest BCUT2D eigenvalue weighted by Gasteiger charge is 2.32. The van der Waals surface area contributed by atoms with E-state index in [1.165, 1.54) is 28.4 Å². The van der Waals surface area contributed by atoms with Crippen LogP contribution in [0.5, 0.6) is 5.75 Å². The Kier molecular flexibility index (Phi) is 10.7. The normalized spacial score (nSPS) is 13.6. The molecule has 38 heavy (non-hydrogen) atoms. The van der Waals surface area contributed by atoms with Crippen LogP contribution in [0.25, 0.3) is 0 Å². The Morgan fingerprint density at radius 2 is 1.79 bits per heavy atom. The standard InChI is InChI=1S/C20H21N3O2S2.C9H10N2/c1-22(2)16-6-4-5-7-17(16)26-13-18-19(24)23(20(21)27-18)12-14-8-10-15(25-3)11-9-14;1-2-11-9-5-3-8(7-10)4-6-9/h4-11,13,21H,12H2,1-3H3;3-6,11H,2H2,1H3/b18-13-,21-20?;. The van der Waals surface area contributed by atoms with Crippen LogP contribution >= 0.6 is 23.5 Å². The monoisotopic (exact) mass is 545 g/mol. The first-order valence-corrected chi connectivity index (χ1v) is 13.6. The maximum atomic E-state index is 12.7. The van der Waals surface area contributed by atoms with Gasteiger partial charge in [-0.05, 0) is 78.2 Å². The molecule has 1 saturated heterocycles. The second kappa shape index (κ2) is 14.2. The third-order valence-electron chi connectivity index (χ3n) is 5.44. The topological polar surface area (TPSA) is 92.4 Å². The van der Waals surface area contributed by atoms with Gasteiger partial charge in [-0.3, -0.25) is 15.1 Å². The molecule has 1 aliphatic rings.